The Morgan fingerprint density at radius 3 is 2.00 bits per heavy atom. The highest BCUT2D eigenvalue weighted by Gasteiger charge is 2.47. The van der Waals surface area contributed by atoms with Crippen molar-refractivity contribution >= 4 is 22.8 Å². The van der Waals surface area contributed by atoms with Gasteiger partial charge < -0.3 is 25.8 Å². The third kappa shape index (κ3) is 7.07. The van der Waals surface area contributed by atoms with Gasteiger partial charge in [-0.25, -0.2) is 19.4 Å². The van der Waals surface area contributed by atoms with Crippen molar-refractivity contribution < 1.29 is 27.8 Å². The van der Waals surface area contributed by atoms with Crippen molar-refractivity contribution in [3.05, 3.63) is 60.9 Å². The number of anilines is 1. The van der Waals surface area contributed by atoms with Crippen LogP contribution in [0.25, 0.3) is 22.3 Å². The van der Waals surface area contributed by atoms with Crippen LogP contribution in [0, 0.1) is 23.7 Å². The molecule has 2 aliphatic carbocycles. The van der Waals surface area contributed by atoms with E-state index in [0.29, 0.717) is 11.9 Å². The molecule has 2 unspecified atom stereocenters. The average molecular weight is 719 g/mol. The quantitative estimate of drug-likeness (QED) is 0.223. The number of aromatic nitrogens is 4. The first kappa shape index (κ1) is 34.8. The molecule has 2 aromatic heterocycles. The molecule has 0 radical (unpaired) electrons. The second-order valence-electron chi connectivity index (χ2n) is 15.2. The van der Waals surface area contributed by atoms with Crippen molar-refractivity contribution in [2.45, 2.75) is 62.8 Å². The van der Waals surface area contributed by atoms with Gasteiger partial charge in [-0.2, -0.15) is 18.3 Å². The summed E-state index contributed by atoms with van der Waals surface area (Å²) in [5, 5.41) is 16.7. The molecule has 276 valence electrons. The number of fused-ring (bicyclic) bond motifs is 3. The normalized spacial score (nSPS) is 28.1. The number of carboxylic acids is 1. The molecule has 52 heavy (non-hydrogen) atoms. The lowest BCUT2D eigenvalue weighted by Gasteiger charge is -2.37. The van der Waals surface area contributed by atoms with Gasteiger partial charge in [0.25, 0.3) is 0 Å². The fourth-order valence-corrected chi connectivity index (χ4v) is 9.59. The van der Waals surface area contributed by atoms with Gasteiger partial charge >= 0.3 is 12.1 Å². The van der Waals surface area contributed by atoms with Gasteiger partial charge in [-0.15, -0.1) is 0 Å². The summed E-state index contributed by atoms with van der Waals surface area (Å²) in [5.41, 5.74) is 9.11. The molecule has 3 aliphatic heterocycles. The van der Waals surface area contributed by atoms with Gasteiger partial charge in [-0.1, -0.05) is 18.2 Å². The number of benzene rings is 2. The van der Waals surface area contributed by atoms with E-state index in [9.17, 15) is 13.2 Å². The van der Waals surface area contributed by atoms with Crippen molar-refractivity contribution in [3.63, 3.8) is 0 Å². The van der Waals surface area contributed by atoms with E-state index in [4.69, 9.17) is 30.5 Å². The maximum atomic E-state index is 10.6. The molecule has 9 rings (SSSR count). The highest BCUT2D eigenvalue weighted by molar-refractivity contribution is 5.98. The Labute approximate surface area is 300 Å². The predicted molar refractivity (Wildman–Crippen MR) is 190 cm³/mol. The summed E-state index contributed by atoms with van der Waals surface area (Å²) in [6.07, 6.45) is 4.29. The first-order chi connectivity index (χ1) is 25.1. The van der Waals surface area contributed by atoms with Gasteiger partial charge in [0.2, 0.25) is 0 Å². The van der Waals surface area contributed by atoms with Gasteiger partial charge in [-0.05, 0) is 112 Å². The molecular weight excluding hydrogens is 673 g/mol. The molecule has 2 aromatic carbocycles. The number of carboxylic acid groups (broad SMARTS) is 1. The number of hydrogen-bond donors (Lipinski definition) is 3. The Kier molecular flexibility index (Phi) is 9.55. The number of nitrogens with one attached hydrogen (secondary N) is 1. The summed E-state index contributed by atoms with van der Waals surface area (Å²) in [4.78, 5) is 23.6. The van der Waals surface area contributed by atoms with Crippen molar-refractivity contribution in [2.24, 2.45) is 23.7 Å². The SMILES string of the molecule is Nc1ncnc2c1c(-c1ccc(Oc3ccccc3)cc1)nn2C1CCN(C2C[C@@H]3CN(C4C[C@H]5CNC[C@H]5C4)C[C@@H]3C2)CC1.O=C(O)C(F)(F)F. The number of piperidine rings is 1. The number of halogens is 3. The maximum absolute atomic E-state index is 10.6. The van der Waals surface area contributed by atoms with Crippen molar-refractivity contribution in [1.29, 1.82) is 0 Å². The minimum absolute atomic E-state index is 0.306. The number of carbonyl (C=O) groups is 1. The van der Waals surface area contributed by atoms with Crippen molar-refractivity contribution in [1.82, 2.24) is 34.9 Å². The second-order valence-corrected chi connectivity index (χ2v) is 15.2. The molecule has 4 aromatic rings. The van der Waals surface area contributed by atoms with E-state index < -0.39 is 12.1 Å². The zero-order valence-electron chi connectivity index (χ0n) is 29.0. The molecule has 0 spiro atoms. The van der Waals surface area contributed by atoms with E-state index in [1.807, 2.05) is 54.6 Å². The van der Waals surface area contributed by atoms with E-state index >= 15 is 0 Å². The zero-order valence-corrected chi connectivity index (χ0v) is 29.0. The van der Waals surface area contributed by atoms with Crippen LogP contribution in [0.4, 0.5) is 19.0 Å². The van der Waals surface area contributed by atoms with Crippen LogP contribution in [0.15, 0.2) is 60.9 Å². The fraction of sp³-hybridized carbons (Fsp3) is 0.526. The van der Waals surface area contributed by atoms with E-state index in [-0.39, 0.29) is 0 Å². The molecule has 11 nitrogen and oxygen atoms in total. The minimum atomic E-state index is -5.08. The van der Waals surface area contributed by atoms with E-state index in [1.54, 1.807) is 6.33 Å². The monoisotopic (exact) mass is 718 g/mol. The lowest BCUT2D eigenvalue weighted by atomic mass is 10.0. The summed E-state index contributed by atoms with van der Waals surface area (Å²) in [5.74, 6) is 3.00. The van der Waals surface area contributed by atoms with Crippen LogP contribution in [0.5, 0.6) is 11.5 Å². The number of likely N-dealkylation sites (tertiary alicyclic amines) is 2. The van der Waals surface area contributed by atoms with Crippen LogP contribution < -0.4 is 15.8 Å². The van der Waals surface area contributed by atoms with Gasteiger partial charge in [0.15, 0.2) is 5.65 Å². The number of alkyl halides is 3. The molecule has 0 bridgehead atoms. The molecule has 0 amide bonds. The van der Waals surface area contributed by atoms with Crippen molar-refractivity contribution in [3.8, 4) is 22.8 Å². The standard InChI is InChI=1S/C36H44N8O.C2HF3O2/c37-35-33-34(23-6-8-32(9-7-23)45-31-4-2-1-3-5-31)41-44(36(33)40-22-39-35)28-10-12-42(13-11-28)29-16-26-20-43(21-27(26)17-29)30-14-24-18-38-19-25(24)15-30;3-2(4,5)1(6)7/h1-9,22,24-30,38H,10-21H2,(H2,37,39,40);(H,6,7)/t24-,25+,26-,27+,29?,30?;. The average Bonchev–Trinajstić information content (AvgIpc) is 3.95. The first-order valence-corrected chi connectivity index (χ1v) is 18.4. The molecule has 3 saturated heterocycles. The molecule has 6 atom stereocenters. The molecule has 5 heterocycles. The van der Waals surface area contributed by atoms with E-state index in [0.717, 1.165) is 95.5 Å². The topological polar surface area (TPSA) is 135 Å². The number of para-hydroxylation sites is 1. The molecule has 5 fully saturated rings. The summed E-state index contributed by atoms with van der Waals surface area (Å²) in [6.45, 7) is 7.46. The number of hydrogen-bond acceptors (Lipinski definition) is 9. The van der Waals surface area contributed by atoms with Crippen LogP contribution >= 0.6 is 0 Å². The van der Waals surface area contributed by atoms with E-state index in [1.165, 1.54) is 51.9 Å². The fourth-order valence-electron chi connectivity index (χ4n) is 9.59. The second kappa shape index (κ2) is 14.3. The molecule has 14 heteroatoms. The Bertz CT molecular complexity index is 1840. The third-order valence-corrected chi connectivity index (χ3v) is 12.1. The zero-order chi connectivity index (χ0) is 36.0. The lowest BCUT2D eigenvalue weighted by Crippen LogP contribution is -2.42. The Balaban J connectivity index is 0.000000505. The number of nitrogen functional groups attached to an aromatic ring is 1. The highest BCUT2D eigenvalue weighted by Crippen LogP contribution is 2.46. The smallest absolute Gasteiger partial charge is 0.475 e. The van der Waals surface area contributed by atoms with Gasteiger partial charge in [0, 0.05) is 43.8 Å². The van der Waals surface area contributed by atoms with Crippen LogP contribution in [-0.4, -0.2) is 98.2 Å². The lowest BCUT2D eigenvalue weighted by molar-refractivity contribution is -0.192. The summed E-state index contributed by atoms with van der Waals surface area (Å²) < 4.78 is 39.9. The number of nitrogens with two attached hydrogens (primary N) is 1. The number of aliphatic carboxylic acids is 1. The number of ether oxygens (including phenoxy) is 1. The predicted octanol–water partition coefficient (Wildman–Crippen LogP) is 5.85. The Morgan fingerprint density at radius 1 is 0.808 bits per heavy atom. The molecular formula is C38H45F3N8O3. The van der Waals surface area contributed by atoms with Crippen LogP contribution in [0.3, 0.4) is 0 Å². The van der Waals surface area contributed by atoms with Crippen LogP contribution in [0.2, 0.25) is 0 Å². The largest absolute Gasteiger partial charge is 0.490 e. The van der Waals surface area contributed by atoms with E-state index in [2.05, 4.69) is 24.8 Å². The van der Waals surface area contributed by atoms with Gasteiger partial charge in [0.05, 0.1) is 11.4 Å². The Morgan fingerprint density at radius 2 is 1.38 bits per heavy atom. The van der Waals surface area contributed by atoms with Crippen LogP contribution in [-0.2, 0) is 4.79 Å². The third-order valence-electron chi connectivity index (χ3n) is 12.1. The number of nitrogens with zero attached hydrogens (tertiary/aromatic N) is 6. The Hall–Kier alpha value is -4.27. The van der Waals surface area contributed by atoms with Crippen LogP contribution in [0.1, 0.15) is 44.6 Å². The number of rotatable bonds is 6. The first-order valence-electron chi connectivity index (χ1n) is 18.4. The minimum Gasteiger partial charge on any atom is -0.475 e. The van der Waals surface area contributed by atoms with Gasteiger partial charge in [-0.3, -0.25) is 4.90 Å². The molecule has 5 aliphatic rings. The highest BCUT2D eigenvalue weighted by atomic mass is 19.4. The molecule has 4 N–H and O–H groups in total. The van der Waals surface area contributed by atoms with Gasteiger partial charge in [0.1, 0.15) is 29.3 Å². The summed E-state index contributed by atoms with van der Waals surface area (Å²) in [6, 6.07) is 19.8. The summed E-state index contributed by atoms with van der Waals surface area (Å²) in [7, 11) is 0. The van der Waals surface area contributed by atoms with Crippen molar-refractivity contribution in [2.75, 3.05) is 45.0 Å². The maximum Gasteiger partial charge on any atom is 0.490 e. The summed E-state index contributed by atoms with van der Waals surface area (Å²) >= 11 is 0. The molecule has 2 saturated carbocycles.